The summed E-state index contributed by atoms with van der Waals surface area (Å²) in [5.74, 6) is -0.201. The highest BCUT2D eigenvalue weighted by Crippen LogP contribution is 2.32. The third-order valence-corrected chi connectivity index (χ3v) is 4.56. The van der Waals surface area contributed by atoms with E-state index in [4.69, 9.17) is 4.74 Å². The molecule has 1 aliphatic rings. The Hall–Kier alpha value is -2.70. The number of fused-ring (bicyclic) bond motifs is 1. The summed E-state index contributed by atoms with van der Waals surface area (Å²) in [6, 6.07) is 6.70. The van der Waals surface area contributed by atoms with Crippen LogP contribution < -0.4 is 4.90 Å². The van der Waals surface area contributed by atoms with Gasteiger partial charge in [-0.25, -0.2) is 0 Å². The number of rotatable bonds is 4. The average molecular weight is 343 g/mol. The van der Waals surface area contributed by atoms with Crippen LogP contribution in [0.1, 0.15) is 25.5 Å². The van der Waals surface area contributed by atoms with Crippen LogP contribution in [-0.4, -0.2) is 35.6 Å². The van der Waals surface area contributed by atoms with Crippen molar-refractivity contribution >= 4 is 28.2 Å². The zero-order valence-corrected chi connectivity index (χ0v) is 14.4. The maximum absolute atomic E-state index is 11.9. The van der Waals surface area contributed by atoms with E-state index < -0.39 is 4.92 Å². The molecule has 0 spiro atoms. The SMILES string of the molecule is CCOC(=O)C1CCN(c2cc(C)nc3ccc([N+](=O)[O-])cc23)CC1. The molecule has 0 saturated carbocycles. The van der Waals surface area contributed by atoms with Crippen molar-refractivity contribution in [3.63, 3.8) is 0 Å². The van der Waals surface area contributed by atoms with E-state index in [1.165, 1.54) is 6.07 Å². The fourth-order valence-electron chi connectivity index (χ4n) is 3.32. The summed E-state index contributed by atoms with van der Waals surface area (Å²) >= 11 is 0. The first-order valence-electron chi connectivity index (χ1n) is 8.47. The topological polar surface area (TPSA) is 85.6 Å². The minimum absolute atomic E-state index is 0.0563. The molecule has 1 aromatic carbocycles. The average Bonchev–Trinajstić information content (AvgIpc) is 2.61. The van der Waals surface area contributed by atoms with Crippen molar-refractivity contribution in [2.24, 2.45) is 5.92 Å². The molecule has 0 N–H and O–H groups in total. The minimum Gasteiger partial charge on any atom is -0.466 e. The van der Waals surface area contributed by atoms with Gasteiger partial charge in [-0.2, -0.15) is 0 Å². The first kappa shape index (κ1) is 17.1. The number of benzene rings is 1. The van der Waals surface area contributed by atoms with Gasteiger partial charge in [-0.05, 0) is 38.8 Å². The Balaban J connectivity index is 1.89. The van der Waals surface area contributed by atoms with Crippen molar-refractivity contribution in [1.29, 1.82) is 0 Å². The van der Waals surface area contributed by atoms with Crippen LogP contribution in [0.3, 0.4) is 0 Å². The summed E-state index contributed by atoms with van der Waals surface area (Å²) in [4.78, 5) is 29.3. The number of piperidine rings is 1. The Labute approximate surface area is 145 Å². The van der Waals surface area contributed by atoms with Gasteiger partial charge >= 0.3 is 5.97 Å². The van der Waals surface area contributed by atoms with Gasteiger partial charge in [0.05, 0.1) is 23.0 Å². The van der Waals surface area contributed by atoms with Crippen LogP contribution in [0.4, 0.5) is 11.4 Å². The van der Waals surface area contributed by atoms with Gasteiger partial charge in [-0.1, -0.05) is 0 Å². The van der Waals surface area contributed by atoms with Crippen molar-refractivity contribution in [3.8, 4) is 0 Å². The Bertz CT molecular complexity index is 813. The number of nitrogens with zero attached hydrogens (tertiary/aromatic N) is 3. The molecule has 2 aromatic rings. The number of carbonyl (C=O) groups excluding carboxylic acids is 1. The van der Waals surface area contributed by atoms with Crippen LogP contribution in [0.25, 0.3) is 10.9 Å². The fourth-order valence-corrected chi connectivity index (χ4v) is 3.32. The number of pyridine rings is 1. The second kappa shape index (κ2) is 7.04. The standard InChI is InChI=1S/C18H21N3O4/c1-3-25-18(22)13-6-8-20(9-7-13)17-10-12(2)19-16-5-4-14(21(23)24)11-15(16)17/h4-5,10-11,13H,3,6-9H2,1-2H3. The molecule has 0 bridgehead atoms. The fraction of sp³-hybridized carbons (Fsp3) is 0.444. The highest BCUT2D eigenvalue weighted by atomic mass is 16.6. The van der Waals surface area contributed by atoms with E-state index >= 15 is 0 Å². The van der Waals surface area contributed by atoms with Crippen molar-refractivity contribution < 1.29 is 14.5 Å². The zero-order chi connectivity index (χ0) is 18.0. The van der Waals surface area contributed by atoms with Gasteiger partial charge in [-0.3, -0.25) is 19.9 Å². The number of non-ortho nitro benzene ring substituents is 1. The van der Waals surface area contributed by atoms with E-state index in [-0.39, 0.29) is 17.6 Å². The number of carbonyl (C=O) groups is 1. The summed E-state index contributed by atoms with van der Waals surface area (Å²) in [5.41, 5.74) is 2.60. The monoisotopic (exact) mass is 343 g/mol. The van der Waals surface area contributed by atoms with Gasteiger partial charge in [-0.15, -0.1) is 0 Å². The number of esters is 1. The van der Waals surface area contributed by atoms with Crippen LogP contribution in [0.2, 0.25) is 0 Å². The largest absolute Gasteiger partial charge is 0.466 e. The molecule has 1 saturated heterocycles. The number of nitro groups is 1. The lowest BCUT2D eigenvalue weighted by atomic mass is 9.96. The Kier molecular flexibility index (Phi) is 4.83. The molecule has 0 atom stereocenters. The molecule has 1 fully saturated rings. The van der Waals surface area contributed by atoms with E-state index in [0.29, 0.717) is 19.7 Å². The lowest BCUT2D eigenvalue weighted by Crippen LogP contribution is -2.37. The molecule has 2 heterocycles. The van der Waals surface area contributed by atoms with Gasteiger partial charge in [0.25, 0.3) is 5.69 Å². The highest BCUT2D eigenvalue weighted by Gasteiger charge is 2.27. The molecule has 132 valence electrons. The van der Waals surface area contributed by atoms with Crippen molar-refractivity contribution in [3.05, 3.63) is 40.1 Å². The Morgan fingerprint density at radius 1 is 1.36 bits per heavy atom. The predicted octanol–water partition coefficient (Wildman–Crippen LogP) is 3.23. The summed E-state index contributed by atoms with van der Waals surface area (Å²) in [6.07, 6.45) is 1.44. The van der Waals surface area contributed by atoms with Gasteiger partial charge in [0.1, 0.15) is 0 Å². The predicted molar refractivity (Wildman–Crippen MR) is 94.7 cm³/mol. The smallest absolute Gasteiger partial charge is 0.309 e. The molecule has 3 rings (SSSR count). The third-order valence-electron chi connectivity index (χ3n) is 4.56. The molecule has 0 amide bonds. The van der Waals surface area contributed by atoms with Crippen LogP contribution >= 0.6 is 0 Å². The number of aromatic nitrogens is 1. The number of ether oxygens (including phenoxy) is 1. The number of aryl methyl sites for hydroxylation is 1. The van der Waals surface area contributed by atoms with E-state index in [2.05, 4.69) is 9.88 Å². The Morgan fingerprint density at radius 2 is 2.08 bits per heavy atom. The quantitative estimate of drug-likeness (QED) is 0.481. The van der Waals surface area contributed by atoms with Crippen molar-refractivity contribution in [2.75, 3.05) is 24.6 Å². The number of hydrogen-bond acceptors (Lipinski definition) is 6. The molecule has 0 radical (unpaired) electrons. The first-order chi connectivity index (χ1) is 12.0. The second-order valence-electron chi connectivity index (χ2n) is 6.25. The van der Waals surface area contributed by atoms with Crippen LogP contribution in [0.5, 0.6) is 0 Å². The molecular weight excluding hydrogens is 322 g/mol. The van der Waals surface area contributed by atoms with Crippen molar-refractivity contribution in [1.82, 2.24) is 4.98 Å². The molecule has 0 unspecified atom stereocenters. The van der Waals surface area contributed by atoms with Gasteiger partial charge in [0.2, 0.25) is 0 Å². The summed E-state index contributed by atoms with van der Waals surface area (Å²) < 4.78 is 5.11. The number of nitro benzene ring substituents is 1. The van der Waals surface area contributed by atoms with E-state index in [1.54, 1.807) is 12.1 Å². The molecule has 1 aliphatic heterocycles. The normalized spacial score (nSPS) is 15.4. The van der Waals surface area contributed by atoms with E-state index in [1.807, 2.05) is 19.9 Å². The highest BCUT2D eigenvalue weighted by molar-refractivity contribution is 5.93. The lowest BCUT2D eigenvalue weighted by molar-refractivity contribution is -0.384. The number of hydrogen-bond donors (Lipinski definition) is 0. The summed E-state index contributed by atoms with van der Waals surface area (Å²) in [7, 11) is 0. The maximum Gasteiger partial charge on any atom is 0.309 e. The summed E-state index contributed by atoms with van der Waals surface area (Å²) in [6.45, 7) is 5.55. The van der Waals surface area contributed by atoms with Crippen LogP contribution in [0.15, 0.2) is 24.3 Å². The molecule has 0 aliphatic carbocycles. The maximum atomic E-state index is 11.9. The first-order valence-corrected chi connectivity index (χ1v) is 8.47. The van der Waals surface area contributed by atoms with Crippen LogP contribution in [0, 0.1) is 23.0 Å². The van der Waals surface area contributed by atoms with E-state index in [9.17, 15) is 14.9 Å². The lowest BCUT2D eigenvalue weighted by Gasteiger charge is -2.33. The van der Waals surface area contributed by atoms with Gasteiger partial charge in [0.15, 0.2) is 0 Å². The summed E-state index contributed by atoms with van der Waals surface area (Å²) in [5, 5.41) is 11.9. The van der Waals surface area contributed by atoms with Gasteiger partial charge < -0.3 is 9.64 Å². The number of anilines is 1. The van der Waals surface area contributed by atoms with Crippen LogP contribution in [-0.2, 0) is 9.53 Å². The minimum atomic E-state index is -0.393. The van der Waals surface area contributed by atoms with E-state index in [0.717, 1.165) is 35.1 Å². The molecule has 7 nitrogen and oxygen atoms in total. The van der Waals surface area contributed by atoms with Crippen molar-refractivity contribution in [2.45, 2.75) is 26.7 Å². The molecular formula is C18H21N3O4. The van der Waals surface area contributed by atoms with Gasteiger partial charge in [0, 0.05) is 42.0 Å². The second-order valence-corrected chi connectivity index (χ2v) is 6.25. The molecule has 25 heavy (non-hydrogen) atoms. The molecule has 1 aromatic heterocycles. The zero-order valence-electron chi connectivity index (χ0n) is 14.4. The third kappa shape index (κ3) is 3.55. The Morgan fingerprint density at radius 3 is 2.72 bits per heavy atom. The molecule has 7 heteroatoms.